The molecule has 0 saturated heterocycles. The SMILES string of the molecule is Cc1[se]c(C)c2cc(F)ccc12. The van der Waals surface area contributed by atoms with Gasteiger partial charge in [-0.3, -0.25) is 0 Å². The number of aryl methyl sites for hydroxylation is 2. The van der Waals surface area contributed by atoms with E-state index in [4.69, 9.17) is 0 Å². The molecule has 0 unspecified atom stereocenters. The molecule has 2 heteroatoms. The predicted octanol–water partition coefficient (Wildman–Crippen LogP) is 2.65. The molecule has 0 radical (unpaired) electrons. The van der Waals surface area contributed by atoms with Crippen molar-refractivity contribution in [2.45, 2.75) is 13.8 Å². The molecule has 0 atom stereocenters. The Labute approximate surface area is 76.8 Å². The molecule has 12 heavy (non-hydrogen) atoms. The summed E-state index contributed by atoms with van der Waals surface area (Å²) in [7, 11) is 0. The Kier molecular flexibility index (Phi) is 1.82. The predicted molar refractivity (Wildman–Crippen MR) is 50.3 cm³/mol. The van der Waals surface area contributed by atoms with Crippen molar-refractivity contribution in [2.24, 2.45) is 0 Å². The molecule has 0 aliphatic rings. The van der Waals surface area contributed by atoms with Gasteiger partial charge in [0, 0.05) is 0 Å². The van der Waals surface area contributed by atoms with Crippen molar-refractivity contribution in [3.8, 4) is 0 Å². The van der Waals surface area contributed by atoms with E-state index >= 15 is 0 Å². The minimum absolute atomic E-state index is 0.126. The third-order valence-corrected chi connectivity index (χ3v) is 4.25. The van der Waals surface area contributed by atoms with E-state index in [0.29, 0.717) is 14.5 Å². The number of rotatable bonds is 0. The summed E-state index contributed by atoms with van der Waals surface area (Å²) in [6, 6.07) is 5.07. The average Bonchev–Trinajstić information content (AvgIpc) is 2.28. The van der Waals surface area contributed by atoms with Crippen molar-refractivity contribution in [1.29, 1.82) is 0 Å². The molecule has 0 bridgehead atoms. The Morgan fingerprint density at radius 2 is 1.75 bits per heavy atom. The van der Waals surface area contributed by atoms with E-state index in [2.05, 4.69) is 13.8 Å². The number of fused-ring (bicyclic) bond motifs is 1. The molecule has 1 heterocycles. The van der Waals surface area contributed by atoms with Gasteiger partial charge in [-0.15, -0.1) is 0 Å². The fourth-order valence-electron chi connectivity index (χ4n) is 1.45. The van der Waals surface area contributed by atoms with Crippen LogP contribution < -0.4 is 0 Å². The fraction of sp³-hybridized carbons (Fsp3) is 0.200. The maximum atomic E-state index is 12.8. The van der Waals surface area contributed by atoms with Gasteiger partial charge in [0.25, 0.3) is 0 Å². The minimum atomic E-state index is -0.126. The molecule has 0 N–H and O–H groups in total. The number of hydrogen-bond acceptors (Lipinski definition) is 0. The Morgan fingerprint density at radius 1 is 1.08 bits per heavy atom. The first-order chi connectivity index (χ1) is 5.68. The first-order valence-electron chi connectivity index (χ1n) is 3.84. The zero-order valence-electron chi connectivity index (χ0n) is 7.02. The van der Waals surface area contributed by atoms with Crippen LogP contribution in [-0.4, -0.2) is 14.5 Å². The summed E-state index contributed by atoms with van der Waals surface area (Å²) in [6.07, 6.45) is 0. The number of benzene rings is 1. The summed E-state index contributed by atoms with van der Waals surface area (Å²) in [5.41, 5.74) is 0. The average molecular weight is 227 g/mol. The molecule has 0 spiro atoms. The fourth-order valence-corrected chi connectivity index (χ4v) is 3.61. The Hall–Kier alpha value is -0.591. The van der Waals surface area contributed by atoms with Crippen LogP contribution in [0.1, 0.15) is 8.87 Å². The monoisotopic (exact) mass is 228 g/mol. The summed E-state index contributed by atoms with van der Waals surface area (Å²) in [4.78, 5) is 0. The van der Waals surface area contributed by atoms with Gasteiger partial charge in [-0.2, -0.15) is 0 Å². The second kappa shape index (κ2) is 2.72. The molecule has 0 nitrogen and oxygen atoms in total. The molecule has 1 aromatic heterocycles. The second-order valence-corrected chi connectivity index (χ2v) is 5.90. The van der Waals surface area contributed by atoms with Crippen molar-refractivity contribution >= 4 is 25.3 Å². The number of hydrogen-bond donors (Lipinski definition) is 0. The molecule has 0 amide bonds. The van der Waals surface area contributed by atoms with Crippen LogP contribution in [0, 0.1) is 19.7 Å². The summed E-state index contributed by atoms with van der Waals surface area (Å²) in [5, 5.41) is 2.36. The summed E-state index contributed by atoms with van der Waals surface area (Å²) >= 11 is 0.454. The zero-order valence-corrected chi connectivity index (χ0v) is 8.73. The first kappa shape index (κ1) is 8.03. The van der Waals surface area contributed by atoms with Crippen LogP contribution in [0.2, 0.25) is 0 Å². The van der Waals surface area contributed by atoms with Crippen LogP contribution in [0.4, 0.5) is 4.39 Å². The normalized spacial score (nSPS) is 10.9. The van der Waals surface area contributed by atoms with Gasteiger partial charge in [-0.25, -0.2) is 0 Å². The third kappa shape index (κ3) is 1.12. The van der Waals surface area contributed by atoms with E-state index < -0.39 is 0 Å². The molecular formula is C10H9FSe. The third-order valence-electron chi connectivity index (χ3n) is 2.05. The summed E-state index contributed by atoms with van der Waals surface area (Å²) in [5.74, 6) is -0.126. The van der Waals surface area contributed by atoms with E-state index in [9.17, 15) is 4.39 Å². The van der Waals surface area contributed by atoms with Crippen LogP contribution in [0.25, 0.3) is 10.8 Å². The topological polar surface area (TPSA) is 0 Å². The standard InChI is InChI=1S/C10H9FSe/c1-6-9-4-3-8(11)5-10(9)7(2)12-6/h3-5H,1-2H3. The van der Waals surface area contributed by atoms with Crippen LogP contribution in [0.5, 0.6) is 0 Å². The molecule has 0 saturated carbocycles. The van der Waals surface area contributed by atoms with Crippen molar-refractivity contribution in [3.63, 3.8) is 0 Å². The molecule has 0 aliphatic heterocycles. The quantitative estimate of drug-likeness (QED) is 0.607. The molecule has 0 aliphatic carbocycles. The van der Waals surface area contributed by atoms with E-state index in [1.54, 1.807) is 6.07 Å². The van der Waals surface area contributed by atoms with Gasteiger partial charge in [-0.1, -0.05) is 0 Å². The molecular weight excluding hydrogens is 218 g/mol. The Morgan fingerprint density at radius 3 is 2.50 bits per heavy atom. The van der Waals surface area contributed by atoms with Crippen LogP contribution >= 0.6 is 0 Å². The van der Waals surface area contributed by atoms with E-state index in [1.165, 1.54) is 20.3 Å². The molecule has 0 fully saturated rings. The van der Waals surface area contributed by atoms with Crippen molar-refractivity contribution in [3.05, 3.63) is 32.9 Å². The Balaban J connectivity index is 2.90. The van der Waals surface area contributed by atoms with Gasteiger partial charge in [0.2, 0.25) is 0 Å². The first-order valence-corrected chi connectivity index (χ1v) is 5.55. The Bertz CT molecular complexity index is 429. The van der Waals surface area contributed by atoms with E-state index in [1.807, 2.05) is 6.07 Å². The van der Waals surface area contributed by atoms with E-state index in [0.717, 1.165) is 5.39 Å². The molecule has 1 aromatic carbocycles. The second-order valence-electron chi connectivity index (χ2n) is 2.90. The van der Waals surface area contributed by atoms with Gasteiger partial charge in [0.15, 0.2) is 0 Å². The van der Waals surface area contributed by atoms with Gasteiger partial charge in [0.1, 0.15) is 0 Å². The summed E-state index contributed by atoms with van der Waals surface area (Å²) < 4.78 is 15.6. The van der Waals surface area contributed by atoms with Crippen LogP contribution in [0.15, 0.2) is 18.2 Å². The van der Waals surface area contributed by atoms with Crippen molar-refractivity contribution in [1.82, 2.24) is 0 Å². The van der Waals surface area contributed by atoms with Crippen LogP contribution in [0.3, 0.4) is 0 Å². The van der Waals surface area contributed by atoms with Gasteiger partial charge < -0.3 is 0 Å². The van der Waals surface area contributed by atoms with Crippen molar-refractivity contribution in [2.75, 3.05) is 0 Å². The molecule has 62 valence electrons. The van der Waals surface area contributed by atoms with Crippen LogP contribution in [-0.2, 0) is 0 Å². The van der Waals surface area contributed by atoms with E-state index in [-0.39, 0.29) is 5.82 Å². The molecule has 2 aromatic rings. The molecule has 2 rings (SSSR count). The number of halogens is 1. The summed E-state index contributed by atoms with van der Waals surface area (Å²) in [6.45, 7) is 4.22. The zero-order chi connectivity index (χ0) is 8.72. The van der Waals surface area contributed by atoms with Crippen molar-refractivity contribution < 1.29 is 4.39 Å². The van der Waals surface area contributed by atoms with Gasteiger partial charge in [0.05, 0.1) is 0 Å². The van der Waals surface area contributed by atoms with Gasteiger partial charge in [-0.05, 0) is 0 Å². The maximum absolute atomic E-state index is 12.8. The van der Waals surface area contributed by atoms with Gasteiger partial charge >= 0.3 is 76.4 Å².